The Bertz CT molecular complexity index is 2030. The second-order valence-corrected chi connectivity index (χ2v) is 9.07. The van der Waals surface area contributed by atoms with E-state index in [-0.39, 0.29) is 16.9 Å². The number of carbonyl (C=O) groups is 1. The van der Waals surface area contributed by atoms with Crippen molar-refractivity contribution in [2.24, 2.45) is 12.8 Å². The van der Waals surface area contributed by atoms with Crippen molar-refractivity contribution in [2.75, 3.05) is 5.73 Å². The minimum atomic E-state index is -0.619. The zero-order valence-corrected chi connectivity index (χ0v) is 22.7. The van der Waals surface area contributed by atoms with E-state index in [2.05, 4.69) is 26.9 Å². The van der Waals surface area contributed by atoms with Crippen molar-refractivity contribution < 1.29 is 4.79 Å². The number of nitrogen functional groups attached to an aromatic ring is 1. The third-order valence-corrected chi connectivity index (χ3v) is 6.51. The molecule has 11 nitrogen and oxygen atoms in total. The van der Waals surface area contributed by atoms with Crippen molar-refractivity contribution in [2.45, 2.75) is 20.3 Å². The number of imidazole rings is 1. The van der Waals surface area contributed by atoms with Crippen LogP contribution in [0, 0.1) is 18.8 Å². The number of hydrogen-bond donors (Lipinski definition) is 2. The van der Waals surface area contributed by atoms with Gasteiger partial charge in [-0.15, -0.1) is 5.10 Å². The van der Waals surface area contributed by atoms with E-state index in [0.717, 1.165) is 23.0 Å². The number of amides is 1. The molecule has 0 aliphatic heterocycles. The Morgan fingerprint density at radius 2 is 1.80 bits per heavy atom. The van der Waals surface area contributed by atoms with Gasteiger partial charge in [-0.1, -0.05) is 37.1 Å². The average Bonchev–Trinajstić information content (AvgIpc) is 3.49. The third-order valence-electron chi connectivity index (χ3n) is 6.51. The van der Waals surface area contributed by atoms with Gasteiger partial charge >= 0.3 is 0 Å². The first-order chi connectivity index (χ1) is 19.8. The van der Waals surface area contributed by atoms with Gasteiger partial charge in [-0.2, -0.15) is 0 Å². The third kappa shape index (κ3) is 5.14. The van der Waals surface area contributed by atoms with Gasteiger partial charge in [-0.25, -0.2) is 19.5 Å². The van der Waals surface area contributed by atoms with E-state index in [0.29, 0.717) is 28.5 Å². The first kappa shape index (κ1) is 26.8. The number of carbonyl (C=O) groups excluding carboxylic acids is 1. The Kier molecular flexibility index (Phi) is 7.30. The molecule has 4 aromatic heterocycles. The molecule has 0 unspecified atom stereocenters. The quantitative estimate of drug-likeness (QED) is 0.324. The Hall–Kier alpha value is -5.76. The van der Waals surface area contributed by atoms with Crippen LogP contribution in [0.5, 0.6) is 0 Å². The fourth-order valence-electron chi connectivity index (χ4n) is 4.35. The van der Waals surface area contributed by atoms with Gasteiger partial charge < -0.3 is 16.0 Å². The van der Waals surface area contributed by atoms with Crippen LogP contribution in [0.15, 0.2) is 78.0 Å². The van der Waals surface area contributed by atoms with Crippen LogP contribution >= 0.6 is 0 Å². The smallest absolute Gasteiger partial charge is 0.267 e. The molecule has 0 bridgehead atoms. The molecule has 4 heterocycles. The molecule has 1 amide bonds. The number of fused-ring (bicyclic) bond motifs is 2. The predicted molar refractivity (Wildman–Crippen MR) is 157 cm³/mol. The molecule has 6 aromatic rings. The number of benzene rings is 2. The van der Waals surface area contributed by atoms with Crippen LogP contribution in [0.4, 0.5) is 5.82 Å². The van der Waals surface area contributed by atoms with Crippen LogP contribution in [0.3, 0.4) is 0 Å². The molecule has 0 atom stereocenters. The van der Waals surface area contributed by atoms with Crippen molar-refractivity contribution in [1.29, 1.82) is 0 Å². The van der Waals surface area contributed by atoms with Gasteiger partial charge in [-0.05, 0) is 43.2 Å². The van der Waals surface area contributed by atoms with Crippen LogP contribution < -0.4 is 17.0 Å². The highest BCUT2D eigenvalue weighted by atomic mass is 16.1. The zero-order chi connectivity index (χ0) is 29.1. The molecule has 4 N–H and O–H groups in total. The van der Waals surface area contributed by atoms with Gasteiger partial charge in [0.05, 0.1) is 22.8 Å². The number of nitrogens with zero attached hydrogens (tertiary/aromatic N) is 7. The summed E-state index contributed by atoms with van der Waals surface area (Å²) in [5.74, 6) is 7.39. The average molecular weight is 546 g/mol. The van der Waals surface area contributed by atoms with Gasteiger partial charge in [0.2, 0.25) is 0 Å². The van der Waals surface area contributed by atoms with Crippen molar-refractivity contribution in [3.63, 3.8) is 0 Å². The Morgan fingerprint density at radius 1 is 1.02 bits per heavy atom. The molecular weight excluding hydrogens is 518 g/mol. The lowest BCUT2D eigenvalue weighted by atomic mass is 10.1. The predicted octanol–water partition coefficient (Wildman–Crippen LogP) is 2.80. The highest BCUT2D eigenvalue weighted by Gasteiger charge is 2.16. The first-order valence-electron chi connectivity index (χ1n) is 12.8. The summed E-state index contributed by atoms with van der Waals surface area (Å²) >= 11 is 0. The lowest BCUT2D eigenvalue weighted by molar-refractivity contribution is 0.100. The van der Waals surface area contributed by atoms with Crippen LogP contribution in [0.2, 0.25) is 0 Å². The van der Waals surface area contributed by atoms with Gasteiger partial charge in [0.25, 0.3) is 11.5 Å². The maximum atomic E-state index is 13.4. The number of aryl methyl sites for hydroxylation is 2. The number of aromatic nitrogens is 7. The lowest BCUT2D eigenvalue weighted by Crippen LogP contribution is -2.24. The fourth-order valence-corrected chi connectivity index (χ4v) is 4.35. The highest BCUT2D eigenvalue weighted by molar-refractivity contribution is 6.03. The molecule has 0 saturated heterocycles. The second kappa shape index (κ2) is 11.2. The summed E-state index contributed by atoms with van der Waals surface area (Å²) in [6.45, 7) is 3.93. The van der Waals surface area contributed by atoms with Gasteiger partial charge in [0, 0.05) is 31.4 Å². The van der Waals surface area contributed by atoms with E-state index in [1.165, 1.54) is 4.52 Å². The summed E-state index contributed by atoms with van der Waals surface area (Å²) in [5, 5.41) is 4.40. The summed E-state index contributed by atoms with van der Waals surface area (Å²) in [7, 11) is 1.92. The van der Waals surface area contributed by atoms with Gasteiger partial charge in [-0.3, -0.25) is 14.2 Å². The molecule has 0 saturated carbocycles. The Balaban J connectivity index is 0.000000216. The van der Waals surface area contributed by atoms with E-state index < -0.39 is 5.91 Å². The number of primary amides is 1. The molecule has 6 rings (SSSR count). The van der Waals surface area contributed by atoms with E-state index in [9.17, 15) is 9.59 Å². The molecular formula is C30H27N9O2. The maximum absolute atomic E-state index is 13.4. The normalized spacial score (nSPS) is 10.6. The summed E-state index contributed by atoms with van der Waals surface area (Å²) in [5.41, 5.74) is 14.0. The minimum Gasteiger partial charge on any atom is -0.381 e. The largest absolute Gasteiger partial charge is 0.381 e. The monoisotopic (exact) mass is 545 g/mol. The van der Waals surface area contributed by atoms with Crippen molar-refractivity contribution >= 4 is 28.3 Å². The van der Waals surface area contributed by atoms with Crippen molar-refractivity contribution in [3.8, 4) is 17.5 Å². The molecule has 0 fully saturated rings. The van der Waals surface area contributed by atoms with E-state index in [4.69, 9.17) is 16.5 Å². The number of anilines is 1. The molecule has 204 valence electrons. The van der Waals surface area contributed by atoms with Crippen LogP contribution in [-0.4, -0.2) is 39.6 Å². The Labute approximate surface area is 235 Å². The SMILES string of the molecule is CCc1nc2cccc(C#Cc3cnc(C)n3C)c2c(=O)n1-c1ccccc1.NC(=O)c1c(N)nn2cccnc12. The molecule has 41 heavy (non-hydrogen) atoms. The number of hydrogen-bond acceptors (Lipinski definition) is 7. The molecule has 2 aromatic carbocycles. The molecule has 11 heteroatoms. The summed E-state index contributed by atoms with van der Waals surface area (Å²) < 4.78 is 5.02. The zero-order valence-electron chi connectivity index (χ0n) is 22.7. The second-order valence-electron chi connectivity index (χ2n) is 9.07. The lowest BCUT2D eigenvalue weighted by Gasteiger charge is -2.13. The standard InChI is InChI=1S/C23H20N4O.C7H7N5O/c1-4-21-25-20-12-8-9-17(13-14-19-15-24-16(2)26(19)3)22(20)23(28)27(21)18-10-6-5-7-11-18;8-5-4(6(9)13)7-10-2-1-3-12(7)11-5/h5-12,15H,4H2,1-3H3;1-3H,(H2,8,11)(H2,9,13). The number of para-hydroxylation sites is 1. The summed E-state index contributed by atoms with van der Waals surface area (Å²) in [6, 6.07) is 16.9. The highest BCUT2D eigenvalue weighted by Crippen LogP contribution is 2.17. The minimum absolute atomic E-state index is 0.0980. The van der Waals surface area contributed by atoms with Crippen LogP contribution in [0.25, 0.3) is 22.2 Å². The molecule has 0 aliphatic carbocycles. The van der Waals surface area contributed by atoms with E-state index in [1.54, 1.807) is 29.2 Å². The fraction of sp³-hybridized carbons (Fsp3) is 0.133. The number of nitrogens with two attached hydrogens (primary N) is 2. The van der Waals surface area contributed by atoms with Crippen LogP contribution in [0.1, 0.15) is 40.2 Å². The molecule has 0 radical (unpaired) electrons. The summed E-state index contributed by atoms with van der Waals surface area (Å²) in [4.78, 5) is 37.4. The van der Waals surface area contributed by atoms with Crippen LogP contribution in [-0.2, 0) is 13.5 Å². The molecule has 0 spiro atoms. The summed E-state index contributed by atoms with van der Waals surface area (Å²) in [6.07, 6.45) is 5.58. The maximum Gasteiger partial charge on any atom is 0.267 e. The topological polar surface area (TPSA) is 152 Å². The Morgan fingerprint density at radius 3 is 2.49 bits per heavy atom. The van der Waals surface area contributed by atoms with Crippen molar-refractivity contribution in [1.82, 2.24) is 33.7 Å². The number of rotatable bonds is 3. The first-order valence-corrected chi connectivity index (χ1v) is 12.8. The van der Waals surface area contributed by atoms with E-state index in [1.807, 2.05) is 74.0 Å². The van der Waals surface area contributed by atoms with Gasteiger partial charge in [0.1, 0.15) is 22.9 Å². The van der Waals surface area contributed by atoms with Crippen molar-refractivity contribution in [3.05, 3.63) is 112 Å². The van der Waals surface area contributed by atoms with E-state index >= 15 is 0 Å². The molecule has 0 aliphatic rings. The van der Waals surface area contributed by atoms with Gasteiger partial charge in [0.15, 0.2) is 11.5 Å².